The molecule has 2 N–H and O–H groups in total. The third-order valence-electron chi connectivity index (χ3n) is 3.82. The van der Waals surface area contributed by atoms with E-state index in [2.05, 4.69) is 25.8 Å². The summed E-state index contributed by atoms with van der Waals surface area (Å²) in [6, 6.07) is 10.8. The van der Waals surface area contributed by atoms with Gasteiger partial charge in [0.15, 0.2) is 17.4 Å². The predicted octanol–water partition coefficient (Wildman–Crippen LogP) is 3.00. The van der Waals surface area contributed by atoms with Crippen LogP contribution in [0.1, 0.15) is 23.9 Å². The first-order valence-electron chi connectivity index (χ1n) is 8.44. The van der Waals surface area contributed by atoms with Gasteiger partial charge in [0.2, 0.25) is 0 Å². The lowest BCUT2D eigenvalue weighted by Gasteiger charge is -2.11. The molecule has 0 atom stereocenters. The molecule has 0 fully saturated rings. The molecular formula is C18H19F3N6. The second kappa shape index (κ2) is 8.07. The zero-order valence-corrected chi connectivity index (χ0v) is 14.7. The minimum absolute atomic E-state index is 0.125. The van der Waals surface area contributed by atoms with Crippen LogP contribution in [-0.2, 0) is 19.3 Å². The van der Waals surface area contributed by atoms with Crippen molar-refractivity contribution >= 4 is 11.6 Å². The molecule has 0 aliphatic rings. The predicted molar refractivity (Wildman–Crippen MR) is 96.1 cm³/mol. The van der Waals surface area contributed by atoms with Gasteiger partial charge < -0.3 is 10.6 Å². The van der Waals surface area contributed by atoms with E-state index in [1.54, 1.807) is 6.07 Å². The summed E-state index contributed by atoms with van der Waals surface area (Å²) in [5, 5.41) is 14.4. The van der Waals surface area contributed by atoms with Crippen molar-refractivity contribution in [3.8, 4) is 0 Å². The maximum absolute atomic E-state index is 12.8. The number of rotatable bonds is 5. The minimum atomic E-state index is -4.36. The number of aromatic nitrogens is 3. The van der Waals surface area contributed by atoms with E-state index in [0.29, 0.717) is 30.4 Å². The molecule has 0 saturated heterocycles. The van der Waals surface area contributed by atoms with E-state index in [4.69, 9.17) is 0 Å². The van der Waals surface area contributed by atoms with Crippen LogP contribution in [0.5, 0.6) is 0 Å². The van der Waals surface area contributed by atoms with Crippen molar-refractivity contribution in [2.24, 2.45) is 4.99 Å². The number of aliphatic imine (C=N–C) groups is 1. The molecule has 0 saturated carbocycles. The number of fused-ring (bicyclic) bond motifs is 1. The van der Waals surface area contributed by atoms with Crippen LogP contribution in [0.15, 0.2) is 53.7 Å². The van der Waals surface area contributed by atoms with E-state index in [1.807, 2.05) is 35.7 Å². The highest BCUT2D eigenvalue weighted by Gasteiger charge is 2.30. The number of nitrogens with one attached hydrogen (secondary N) is 2. The molecule has 0 aliphatic carbocycles. The molecule has 3 aromatic rings. The fourth-order valence-corrected chi connectivity index (χ4v) is 2.53. The smallest absolute Gasteiger partial charge is 0.357 e. The molecule has 0 radical (unpaired) electrons. The van der Waals surface area contributed by atoms with Gasteiger partial charge >= 0.3 is 6.18 Å². The van der Waals surface area contributed by atoms with E-state index in [9.17, 15) is 13.2 Å². The Balaban J connectivity index is 1.70. The van der Waals surface area contributed by atoms with Crippen LogP contribution in [0.3, 0.4) is 0 Å². The Morgan fingerprint density at radius 3 is 2.74 bits per heavy atom. The first kappa shape index (κ1) is 18.7. The summed E-state index contributed by atoms with van der Waals surface area (Å²) in [4.78, 5) is 4.36. The standard InChI is InChI=1S/C18H19F3N6/c1-2-22-17(23-11-13-6-5-7-14(10-13)18(19,20)21)24-12-16-26-25-15-8-3-4-9-27(15)16/h3-10H,2,11-12H2,1H3,(H2,22,23,24). The second-order valence-electron chi connectivity index (χ2n) is 5.79. The molecule has 3 rings (SSSR count). The highest BCUT2D eigenvalue weighted by atomic mass is 19.4. The van der Waals surface area contributed by atoms with Crippen molar-refractivity contribution in [3.05, 3.63) is 65.6 Å². The number of nitrogens with zero attached hydrogens (tertiary/aromatic N) is 4. The molecule has 2 aromatic heterocycles. The molecule has 27 heavy (non-hydrogen) atoms. The SMILES string of the molecule is CCNC(=NCc1cccc(C(F)(F)F)c1)NCc1nnc2ccccn12. The minimum Gasteiger partial charge on any atom is -0.357 e. The molecule has 9 heteroatoms. The Morgan fingerprint density at radius 2 is 1.96 bits per heavy atom. The van der Waals surface area contributed by atoms with E-state index < -0.39 is 11.7 Å². The van der Waals surface area contributed by atoms with Gasteiger partial charge in [0.25, 0.3) is 0 Å². The lowest BCUT2D eigenvalue weighted by Crippen LogP contribution is -2.37. The summed E-state index contributed by atoms with van der Waals surface area (Å²) < 4.78 is 40.3. The summed E-state index contributed by atoms with van der Waals surface area (Å²) >= 11 is 0. The first-order valence-corrected chi connectivity index (χ1v) is 8.44. The normalized spacial score (nSPS) is 12.4. The molecule has 2 heterocycles. The lowest BCUT2D eigenvalue weighted by atomic mass is 10.1. The van der Waals surface area contributed by atoms with E-state index in [1.165, 1.54) is 6.07 Å². The van der Waals surface area contributed by atoms with Crippen LogP contribution in [0.4, 0.5) is 13.2 Å². The third kappa shape index (κ3) is 4.75. The molecular weight excluding hydrogens is 357 g/mol. The number of hydrogen-bond acceptors (Lipinski definition) is 3. The lowest BCUT2D eigenvalue weighted by molar-refractivity contribution is -0.137. The Kier molecular flexibility index (Phi) is 5.58. The van der Waals surface area contributed by atoms with Gasteiger partial charge in [-0.15, -0.1) is 10.2 Å². The van der Waals surface area contributed by atoms with Gasteiger partial charge in [-0.1, -0.05) is 18.2 Å². The van der Waals surface area contributed by atoms with Crippen LogP contribution in [0.25, 0.3) is 5.65 Å². The van der Waals surface area contributed by atoms with Gasteiger partial charge in [-0.05, 0) is 36.8 Å². The number of pyridine rings is 1. The summed E-state index contributed by atoms with van der Waals surface area (Å²) in [6.07, 6.45) is -2.50. The highest BCUT2D eigenvalue weighted by molar-refractivity contribution is 5.79. The van der Waals surface area contributed by atoms with Crippen LogP contribution in [0, 0.1) is 0 Å². The number of hydrogen-bond donors (Lipinski definition) is 2. The zero-order valence-electron chi connectivity index (χ0n) is 14.7. The number of halogens is 3. The van der Waals surface area contributed by atoms with Crippen LogP contribution in [0.2, 0.25) is 0 Å². The van der Waals surface area contributed by atoms with E-state index in [-0.39, 0.29) is 6.54 Å². The van der Waals surface area contributed by atoms with Gasteiger partial charge in [-0.3, -0.25) is 4.40 Å². The second-order valence-corrected chi connectivity index (χ2v) is 5.79. The number of alkyl halides is 3. The van der Waals surface area contributed by atoms with Crippen molar-refractivity contribution in [1.82, 2.24) is 25.2 Å². The largest absolute Gasteiger partial charge is 0.416 e. The van der Waals surface area contributed by atoms with Crippen molar-refractivity contribution < 1.29 is 13.2 Å². The monoisotopic (exact) mass is 376 g/mol. The average Bonchev–Trinajstić information content (AvgIpc) is 3.07. The van der Waals surface area contributed by atoms with E-state index in [0.717, 1.165) is 17.8 Å². The molecule has 1 aromatic carbocycles. The Labute approximate surface area is 154 Å². The Bertz CT molecular complexity index is 932. The molecule has 0 bridgehead atoms. The quantitative estimate of drug-likeness (QED) is 0.531. The van der Waals surface area contributed by atoms with Gasteiger partial charge in [0.05, 0.1) is 18.7 Å². The topological polar surface area (TPSA) is 66.6 Å². The number of guanidine groups is 1. The maximum atomic E-state index is 12.8. The zero-order chi connectivity index (χ0) is 19.3. The summed E-state index contributed by atoms with van der Waals surface area (Å²) in [6.45, 7) is 3.03. The van der Waals surface area contributed by atoms with Crippen LogP contribution in [-0.4, -0.2) is 27.1 Å². The van der Waals surface area contributed by atoms with Crippen molar-refractivity contribution in [1.29, 1.82) is 0 Å². The van der Waals surface area contributed by atoms with Gasteiger partial charge in [0.1, 0.15) is 0 Å². The molecule has 0 amide bonds. The summed E-state index contributed by atoms with van der Waals surface area (Å²) in [5.41, 5.74) is 0.540. The number of benzene rings is 1. The van der Waals surface area contributed by atoms with Crippen molar-refractivity contribution in [3.63, 3.8) is 0 Å². The highest BCUT2D eigenvalue weighted by Crippen LogP contribution is 2.29. The summed E-state index contributed by atoms with van der Waals surface area (Å²) in [7, 11) is 0. The fourth-order valence-electron chi connectivity index (χ4n) is 2.53. The van der Waals surface area contributed by atoms with Gasteiger partial charge in [-0.2, -0.15) is 13.2 Å². The van der Waals surface area contributed by atoms with E-state index >= 15 is 0 Å². The first-order chi connectivity index (χ1) is 13.0. The molecule has 0 spiro atoms. The van der Waals surface area contributed by atoms with Crippen molar-refractivity contribution in [2.45, 2.75) is 26.2 Å². The van der Waals surface area contributed by atoms with Crippen LogP contribution >= 0.6 is 0 Å². The maximum Gasteiger partial charge on any atom is 0.416 e. The van der Waals surface area contributed by atoms with Gasteiger partial charge in [0, 0.05) is 12.7 Å². The molecule has 142 valence electrons. The molecule has 0 unspecified atom stereocenters. The molecule has 0 aliphatic heterocycles. The van der Waals surface area contributed by atoms with Gasteiger partial charge in [-0.25, -0.2) is 4.99 Å². The van der Waals surface area contributed by atoms with Crippen LogP contribution < -0.4 is 10.6 Å². The third-order valence-corrected chi connectivity index (χ3v) is 3.82. The van der Waals surface area contributed by atoms with Crippen molar-refractivity contribution in [2.75, 3.05) is 6.54 Å². The Morgan fingerprint density at radius 1 is 1.11 bits per heavy atom. The average molecular weight is 376 g/mol. The fraction of sp³-hybridized carbons (Fsp3) is 0.278. The molecule has 6 nitrogen and oxygen atoms in total. The summed E-state index contributed by atoms with van der Waals surface area (Å²) in [5.74, 6) is 1.19. The Hall–Kier alpha value is -3.10.